The molecule has 0 amide bonds. The predicted octanol–water partition coefficient (Wildman–Crippen LogP) is 2.82. The second-order valence-corrected chi connectivity index (χ2v) is 5.88. The van der Waals surface area contributed by atoms with Crippen molar-refractivity contribution < 1.29 is 4.74 Å². The number of methoxy groups -OCH3 is 1. The van der Waals surface area contributed by atoms with Gasteiger partial charge in [0.15, 0.2) is 0 Å². The molecule has 0 aromatic heterocycles. The summed E-state index contributed by atoms with van der Waals surface area (Å²) in [6.07, 6.45) is 1.02. The zero-order chi connectivity index (χ0) is 13.1. The molecule has 18 heavy (non-hydrogen) atoms. The van der Waals surface area contributed by atoms with E-state index in [0.29, 0.717) is 0 Å². The van der Waals surface area contributed by atoms with Gasteiger partial charge in [-0.3, -0.25) is 4.90 Å². The number of halogens is 2. The molecule has 2 unspecified atom stereocenters. The zero-order valence-corrected chi connectivity index (χ0v) is 12.7. The van der Waals surface area contributed by atoms with Crippen LogP contribution in [0, 0.1) is 0 Å². The molecule has 1 aromatic carbocycles. The van der Waals surface area contributed by atoms with Crippen molar-refractivity contribution in [3.63, 3.8) is 0 Å². The molecule has 5 heteroatoms. The SMILES string of the molecule is COCCN1CCC(N)C1c1ccc(Cl)cc1Br. The van der Waals surface area contributed by atoms with Crippen LogP contribution in [0.2, 0.25) is 5.02 Å². The summed E-state index contributed by atoms with van der Waals surface area (Å²) in [6, 6.07) is 6.31. The average molecular weight is 334 g/mol. The fourth-order valence-corrected chi connectivity index (χ4v) is 3.43. The Morgan fingerprint density at radius 1 is 1.56 bits per heavy atom. The smallest absolute Gasteiger partial charge is 0.0589 e. The largest absolute Gasteiger partial charge is 0.383 e. The van der Waals surface area contributed by atoms with Gasteiger partial charge in [-0.05, 0) is 24.1 Å². The summed E-state index contributed by atoms with van der Waals surface area (Å²) < 4.78 is 6.18. The number of hydrogen-bond donors (Lipinski definition) is 1. The number of rotatable bonds is 4. The van der Waals surface area contributed by atoms with Crippen LogP contribution in [0.15, 0.2) is 22.7 Å². The summed E-state index contributed by atoms with van der Waals surface area (Å²) in [6.45, 7) is 2.66. The van der Waals surface area contributed by atoms with Crippen LogP contribution >= 0.6 is 27.5 Å². The summed E-state index contributed by atoms with van der Waals surface area (Å²) in [5.74, 6) is 0. The van der Waals surface area contributed by atoms with Crippen LogP contribution in [0.4, 0.5) is 0 Å². The van der Waals surface area contributed by atoms with E-state index < -0.39 is 0 Å². The number of hydrogen-bond acceptors (Lipinski definition) is 3. The van der Waals surface area contributed by atoms with Crippen LogP contribution in [0.3, 0.4) is 0 Å². The fourth-order valence-electron chi connectivity index (χ4n) is 2.51. The molecule has 3 nitrogen and oxygen atoms in total. The molecule has 1 aromatic rings. The topological polar surface area (TPSA) is 38.5 Å². The van der Waals surface area contributed by atoms with Gasteiger partial charge in [0.2, 0.25) is 0 Å². The average Bonchev–Trinajstić information content (AvgIpc) is 2.68. The van der Waals surface area contributed by atoms with Crippen LogP contribution in [0.1, 0.15) is 18.0 Å². The van der Waals surface area contributed by atoms with E-state index in [4.69, 9.17) is 22.1 Å². The molecule has 0 radical (unpaired) electrons. The van der Waals surface area contributed by atoms with Crippen LogP contribution in [0.5, 0.6) is 0 Å². The summed E-state index contributed by atoms with van der Waals surface area (Å²) >= 11 is 9.57. The lowest BCUT2D eigenvalue weighted by Gasteiger charge is -2.27. The third-order valence-corrected chi connectivity index (χ3v) is 4.33. The van der Waals surface area contributed by atoms with Gasteiger partial charge in [0.25, 0.3) is 0 Å². The molecular weight excluding hydrogens is 316 g/mol. The molecular formula is C13H18BrClN2O. The highest BCUT2D eigenvalue weighted by Crippen LogP contribution is 2.36. The Morgan fingerprint density at radius 3 is 3.00 bits per heavy atom. The number of benzene rings is 1. The molecule has 0 aliphatic carbocycles. The minimum absolute atomic E-state index is 0.166. The van der Waals surface area contributed by atoms with E-state index in [-0.39, 0.29) is 12.1 Å². The first-order valence-electron chi connectivity index (χ1n) is 6.07. The van der Waals surface area contributed by atoms with Crippen LogP contribution < -0.4 is 5.73 Å². The third-order valence-electron chi connectivity index (χ3n) is 3.41. The standard InChI is InChI=1S/C13H18BrClN2O/c1-18-7-6-17-5-4-12(16)13(17)10-3-2-9(15)8-11(10)14/h2-3,8,12-13H,4-7,16H2,1H3. The van der Waals surface area contributed by atoms with E-state index in [1.165, 1.54) is 5.56 Å². The van der Waals surface area contributed by atoms with Crippen molar-refractivity contribution >= 4 is 27.5 Å². The lowest BCUT2D eigenvalue weighted by Crippen LogP contribution is -2.33. The molecule has 1 aliphatic rings. The number of ether oxygens (including phenoxy) is 1. The van der Waals surface area contributed by atoms with Gasteiger partial charge < -0.3 is 10.5 Å². The van der Waals surface area contributed by atoms with Gasteiger partial charge in [-0.2, -0.15) is 0 Å². The molecule has 2 N–H and O–H groups in total. The van der Waals surface area contributed by atoms with Crippen molar-refractivity contribution in [3.05, 3.63) is 33.3 Å². The highest BCUT2D eigenvalue weighted by atomic mass is 79.9. The predicted molar refractivity (Wildman–Crippen MR) is 77.9 cm³/mol. The van der Waals surface area contributed by atoms with E-state index in [9.17, 15) is 0 Å². The van der Waals surface area contributed by atoms with Crippen molar-refractivity contribution in [1.82, 2.24) is 4.90 Å². The third kappa shape index (κ3) is 3.06. The maximum absolute atomic E-state index is 6.24. The zero-order valence-electron chi connectivity index (χ0n) is 10.4. The molecule has 2 atom stereocenters. The lowest BCUT2D eigenvalue weighted by molar-refractivity contribution is 0.139. The summed E-state index contributed by atoms with van der Waals surface area (Å²) in [4.78, 5) is 2.38. The Kier molecular flexibility index (Phi) is 5.04. The van der Waals surface area contributed by atoms with E-state index >= 15 is 0 Å². The van der Waals surface area contributed by atoms with Gasteiger partial charge in [0.05, 0.1) is 12.6 Å². The van der Waals surface area contributed by atoms with Crippen LogP contribution in [-0.4, -0.2) is 37.7 Å². The van der Waals surface area contributed by atoms with Gasteiger partial charge in [0, 0.05) is 35.7 Å². The normalized spacial score (nSPS) is 24.7. The molecule has 1 saturated heterocycles. The Bertz CT molecular complexity index is 416. The van der Waals surface area contributed by atoms with E-state index in [1.54, 1.807) is 7.11 Å². The van der Waals surface area contributed by atoms with Crippen molar-refractivity contribution in [2.45, 2.75) is 18.5 Å². The summed E-state index contributed by atoms with van der Waals surface area (Å²) in [5.41, 5.74) is 7.45. The molecule has 0 bridgehead atoms. The van der Waals surface area contributed by atoms with Crippen molar-refractivity contribution in [3.8, 4) is 0 Å². The molecule has 1 fully saturated rings. The number of nitrogens with zero attached hydrogens (tertiary/aromatic N) is 1. The monoisotopic (exact) mass is 332 g/mol. The van der Waals surface area contributed by atoms with Gasteiger partial charge in [-0.15, -0.1) is 0 Å². The van der Waals surface area contributed by atoms with Gasteiger partial charge >= 0.3 is 0 Å². The van der Waals surface area contributed by atoms with Crippen LogP contribution in [-0.2, 0) is 4.74 Å². The number of nitrogens with two attached hydrogens (primary N) is 1. The first-order chi connectivity index (χ1) is 8.63. The minimum atomic E-state index is 0.166. The maximum Gasteiger partial charge on any atom is 0.0589 e. The second kappa shape index (κ2) is 6.35. The Labute approximate surface area is 121 Å². The Balaban J connectivity index is 2.22. The van der Waals surface area contributed by atoms with Gasteiger partial charge in [-0.1, -0.05) is 33.6 Å². The first-order valence-corrected chi connectivity index (χ1v) is 7.24. The Hall–Kier alpha value is -0.130. The quantitative estimate of drug-likeness (QED) is 0.921. The van der Waals surface area contributed by atoms with E-state index in [1.807, 2.05) is 12.1 Å². The molecule has 0 spiro atoms. The maximum atomic E-state index is 6.24. The first kappa shape index (κ1) is 14.3. The summed E-state index contributed by atoms with van der Waals surface area (Å²) in [5, 5.41) is 0.737. The lowest BCUT2D eigenvalue weighted by atomic mass is 10.0. The molecule has 2 rings (SSSR count). The van der Waals surface area contributed by atoms with Crippen molar-refractivity contribution in [2.24, 2.45) is 5.73 Å². The highest BCUT2D eigenvalue weighted by Gasteiger charge is 2.33. The summed E-state index contributed by atoms with van der Waals surface area (Å²) in [7, 11) is 1.73. The molecule has 0 saturated carbocycles. The number of likely N-dealkylation sites (tertiary alicyclic amines) is 1. The van der Waals surface area contributed by atoms with Crippen molar-refractivity contribution in [1.29, 1.82) is 0 Å². The fraction of sp³-hybridized carbons (Fsp3) is 0.538. The molecule has 100 valence electrons. The molecule has 1 heterocycles. The molecule has 1 aliphatic heterocycles. The van der Waals surface area contributed by atoms with E-state index in [0.717, 1.165) is 35.6 Å². The van der Waals surface area contributed by atoms with E-state index in [2.05, 4.69) is 26.9 Å². The highest BCUT2D eigenvalue weighted by molar-refractivity contribution is 9.10. The van der Waals surface area contributed by atoms with Gasteiger partial charge in [0.1, 0.15) is 0 Å². The Morgan fingerprint density at radius 2 is 2.33 bits per heavy atom. The second-order valence-electron chi connectivity index (χ2n) is 4.59. The van der Waals surface area contributed by atoms with Crippen LogP contribution in [0.25, 0.3) is 0 Å². The van der Waals surface area contributed by atoms with Crippen molar-refractivity contribution in [2.75, 3.05) is 26.8 Å². The van der Waals surface area contributed by atoms with Gasteiger partial charge in [-0.25, -0.2) is 0 Å². The minimum Gasteiger partial charge on any atom is -0.383 e.